The molecule has 0 unspecified atom stereocenters. The highest BCUT2D eigenvalue weighted by atomic mass is 32.1. The van der Waals surface area contributed by atoms with Crippen molar-refractivity contribution in [3.05, 3.63) is 50.9 Å². The fraction of sp³-hybridized carbons (Fsp3) is 0.143. The average Bonchev–Trinajstić information content (AvgIpc) is 2.96. The molecule has 0 atom stereocenters. The van der Waals surface area contributed by atoms with E-state index in [1.54, 1.807) is 24.5 Å². The maximum atomic E-state index is 11.9. The monoisotopic (exact) mass is 273 g/mol. The van der Waals surface area contributed by atoms with Gasteiger partial charge in [0.2, 0.25) is 5.89 Å². The molecule has 0 radical (unpaired) electrons. The maximum absolute atomic E-state index is 11.9. The topological polar surface area (TPSA) is 56.2 Å². The van der Waals surface area contributed by atoms with Crippen LogP contribution in [-0.2, 0) is 0 Å². The van der Waals surface area contributed by atoms with E-state index in [4.69, 9.17) is 8.83 Å². The first kappa shape index (κ1) is 11.9. The molecule has 0 spiro atoms. The van der Waals surface area contributed by atoms with Crippen LogP contribution in [0.15, 0.2) is 32.0 Å². The molecule has 4 nitrogen and oxygen atoms in total. The lowest BCUT2D eigenvalue weighted by molar-refractivity contribution is 0.491. The number of furan rings is 1. The smallest absolute Gasteiger partial charge is 0.348 e. The molecule has 3 aromatic heterocycles. The standard InChI is InChI=1S/C14H11NO3S/c1-8-9(2)19-13-12(8)14(16)18-11(15-13)6-5-10-4-3-7-17-10/h3-7H,1-2H3/b6-5+. The zero-order valence-corrected chi connectivity index (χ0v) is 11.3. The number of rotatable bonds is 2. The van der Waals surface area contributed by atoms with Gasteiger partial charge in [0.05, 0.1) is 6.26 Å². The molecular weight excluding hydrogens is 262 g/mol. The Morgan fingerprint density at radius 1 is 1.32 bits per heavy atom. The molecule has 0 N–H and O–H groups in total. The van der Waals surface area contributed by atoms with Crippen molar-refractivity contribution in [1.82, 2.24) is 4.98 Å². The summed E-state index contributed by atoms with van der Waals surface area (Å²) < 4.78 is 10.4. The molecule has 0 aromatic carbocycles. The Labute approximate surface area is 113 Å². The maximum Gasteiger partial charge on any atom is 0.348 e. The van der Waals surface area contributed by atoms with Crippen LogP contribution in [0.25, 0.3) is 22.4 Å². The van der Waals surface area contributed by atoms with Crippen LogP contribution < -0.4 is 5.63 Å². The van der Waals surface area contributed by atoms with Gasteiger partial charge >= 0.3 is 5.63 Å². The molecule has 0 bridgehead atoms. The fourth-order valence-corrected chi connectivity index (χ4v) is 2.83. The minimum absolute atomic E-state index is 0.287. The molecule has 96 valence electrons. The Kier molecular flexibility index (Phi) is 2.83. The third-order valence-corrected chi connectivity index (χ3v) is 4.01. The summed E-state index contributed by atoms with van der Waals surface area (Å²) >= 11 is 1.50. The van der Waals surface area contributed by atoms with E-state index in [1.165, 1.54) is 11.3 Å². The lowest BCUT2D eigenvalue weighted by atomic mass is 10.2. The quantitative estimate of drug-likeness (QED) is 0.715. The minimum Gasteiger partial charge on any atom is -0.465 e. The summed E-state index contributed by atoms with van der Waals surface area (Å²) in [7, 11) is 0. The van der Waals surface area contributed by atoms with Gasteiger partial charge in [-0.25, -0.2) is 9.78 Å². The highest BCUT2D eigenvalue weighted by molar-refractivity contribution is 7.18. The number of thiophene rings is 1. The van der Waals surface area contributed by atoms with Crippen molar-refractivity contribution in [2.45, 2.75) is 13.8 Å². The van der Waals surface area contributed by atoms with E-state index in [0.29, 0.717) is 16.0 Å². The van der Waals surface area contributed by atoms with Crippen LogP contribution in [0, 0.1) is 13.8 Å². The van der Waals surface area contributed by atoms with Crippen LogP contribution in [-0.4, -0.2) is 4.98 Å². The minimum atomic E-state index is -0.342. The van der Waals surface area contributed by atoms with Gasteiger partial charge in [-0.1, -0.05) is 0 Å². The number of fused-ring (bicyclic) bond motifs is 1. The van der Waals surface area contributed by atoms with E-state index in [2.05, 4.69) is 4.98 Å². The van der Waals surface area contributed by atoms with Crippen molar-refractivity contribution in [1.29, 1.82) is 0 Å². The lowest BCUT2D eigenvalue weighted by Crippen LogP contribution is -2.02. The molecule has 19 heavy (non-hydrogen) atoms. The van der Waals surface area contributed by atoms with Crippen molar-refractivity contribution >= 4 is 33.7 Å². The largest absolute Gasteiger partial charge is 0.465 e. The molecule has 3 heterocycles. The summed E-state index contributed by atoms with van der Waals surface area (Å²) in [5, 5.41) is 0.581. The van der Waals surface area contributed by atoms with Gasteiger partial charge in [0, 0.05) is 11.0 Å². The summed E-state index contributed by atoms with van der Waals surface area (Å²) in [6.07, 6.45) is 4.92. The van der Waals surface area contributed by atoms with Gasteiger partial charge in [0.15, 0.2) is 0 Å². The van der Waals surface area contributed by atoms with Gasteiger partial charge in [-0.3, -0.25) is 0 Å². The normalized spacial score (nSPS) is 11.7. The van der Waals surface area contributed by atoms with Crippen LogP contribution in [0.2, 0.25) is 0 Å². The van der Waals surface area contributed by atoms with Crippen LogP contribution in [0.4, 0.5) is 0 Å². The summed E-state index contributed by atoms with van der Waals surface area (Å²) in [5.74, 6) is 0.971. The molecule has 0 fully saturated rings. The fourth-order valence-electron chi connectivity index (χ4n) is 1.81. The molecule has 0 saturated carbocycles. The molecule has 0 aliphatic heterocycles. The van der Waals surface area contributed by atoms with Gasteiger partial charge in [0.25, 0.3) is 0 Å². The van der Waals surface area contributed by atoms with E-state index in [-0.39, 0.29) is 11.5 Å². The summed E-state index contributed by atoms with van der Waals surface area (Å²) in [6, 6.07) is 3.60. The van der Waals surface area contributed by atoms with Gasteiger partial charge in [0.1, 0.15) is 16.0 Å². The van der Waals surface area contributed by atoms with Crippen molar-refractivity contribution in [2.24, 2.45) is 0 Å². The summed E-state index contributed by atoms with van der Waals surface area (Å²) in [5.41, 5.74) is 0.605. The second-order valence-corrected chi connectivity index (χ2v) is 5.35. The summed E-state index contributed by atoms with van der Waals surface area (Å²) in [4.78, 5) is 18.1. The Hall–Kier alpha value is -2.14. The third kappa shape index (κ3) is 2.13. The van der Waals surface area contributed by atoms with Crippen molar-refractivity contribution in [3.63, 3.8) is 0 Å². The van der Waals surface area contributed by atoms with Gasteiger partial charge in [-0.05, 0) is 37.6 Å². The van der Waals surface area contributed by atoms with Gasteiger partial charge in [-0.15, -0.1) is 11.3 Å². The second kappa shape index (κ2) is 4.51. The molecule has 3 rings (SSSR count). The van der Waals surface area contributed by atoms with Crippen LogP contribution in [0.1, 0.15) is 22.1 Å². The van der Waals surface area contributed by atoms with Crippen LogP contribution in [0.3, 0.4) is 0 Å². The molecule has 0 aliphatic carbocycles. The van der Waals surface area contributed by atoms with Gasteiger partial charge in [-0.2, -0.15) is 0 Å². The van der Waals surface area contributed by atoms with E-state index >= 15 is 0 Å². The number of nitrogens with zero attached hydrogens (tertiary/aromatic N) is 1. The molecule has 0 aliphatic rings. The van der Waals surface area contributed by atoms with E-state index in [9.17, 15) is 4.79 Å². The van der Waals surface area contributed by atoms with Crippen molar-refractivity contribution in [3.8, 4) is 0 Å². The molecule has 0 amide bonds. The lowest BCUT2D eigenvalue weighted by Gasteiger charge is -1.93. The highest BCUT2D eigenvalue weighted by Crippen LogP contribution is 2.26. The predicted molar refractivity (Wildman–Crippen MR) is 75.3 cm³/mol. The Bertz CT molecular complexity index is 809. The van der Waals surface area contributed by atoms with Crippen molar-refractivity contribution in [2.75, 3.05) is 0 Å². The Balaban J connectivity index is 2.09. The molecule has 5 heteroatoms. The zero-order valence-electron chi connectivity index (χ0n) is 10.5. The third-order valence-electron chi connectivity index (χ3n) is 2.91. The Morgan fingerprint density at radius 2 is 2.16 bits per heavy atom. The average molecular weight is 273 g/mol. The molecule has 3 aromatic rings. The summed E-state index contributed by atoms with van der Waals surface area (Å²) in [6.45, 7) is 3.88. The number of aromatic nitrogens is 1. The highest BCUT2D eigenvalue weighted by Gasteiger charge is 2.12. The zero-order chi connectivity index (χ0) is 13.4. The van der Waals surface area contributed by atoms with E-state index < -0.39 is 0 Å². The van der Waals surface area contributed by atoms with Crippen LogP contribution >= 0.6 is 11.3 Å². The second-order valence-electron chi connectivity index (χ2n) is 4.15. The number of hydrogen-bond donors (Lipinski definition) is 0. The first-order valence-corrected chi connectivity index (χ1v) is 6.59. The van der Waals surface area contributed by atoms with E-state index in [1.807, 2.05) is 19.9 Å². The predicted octanol–water partition coefficient (Wildman–Crippen LogP) is 3.63. The number of aryl methyl sites for hydroxylation is 2. The Morgan fingerprint density at radius 3 is 2.89 bits per heavy atom. The van der Waals surface area contributed by atoms with Crippen LogP contribution in [0.5, 0.6) is 0 Å². The first-order valence-electron chi connectivity index (χ1n) is 5.77. The molecular formula is C14H11NO3S. The SMILES string of the molecule is Cc1sc2nc(/C=C/c3ccco3)oc(=O)c2c1C. The molecule has 0 saturated heterocycles. The van der Waals surface area contributed by atoms with Gasteiger partial charge < -0.3 is 8.83 Å². The van der Waals surface area contributed by atoms with Crippen molar-refractivity contribution < 1.29 is 8.83 Å². The van der Waals surface area contributed by atoms with E-state index in [0.717, 1.165) is 10.4 Å². The number of hydrogen-bond acceptors (Lipinski definition) is 5. The first-order chi connectivity index (χ1) is 9.15.